The van der Waals surface area contributed by atoms with Crippen molar-refractivity contribution in [3.05, 3.63) is 24.0 Å². The Hall–Kier alpha value is -0.880. The van der Waals surface area contributed by atoms with Crippen LogP contribution in [0.5, 0.6) is 0 Å². The molecule has 2 N–H and O–H groups in total. The van der Waals surface area contributed by atoms with E-state index in [2.05, 4.69) is 9.71 Å². The summed E-state index contributed by atoms with van der Waals surface area (Å²) in [5.74, 6) is 0.428. The Morgan fingerprint density at radius 3 is 3.13 bits per heavy atom. The largest absolute Gasteiger partial charge is 0.304 e. The van der Waals surface area contributed by atoms with Crippen molar-refractivity contribution in [2.45, 2.75) is 11.8 Å². The van der Waals surface area contributed by atoms with E-state index in [0.717, 1.165) is 10.6 Å². The van der Waals surface area contributed by atoms with Gasteiger partial charge in [0, 0.05) is 11.8 Å². The second kappa shape index (κ2) is 4.32. The van der Waals surface area contributed by atoms with Crippen LogP contribution in [0, 0.1) is 10.6 Å². The third-order valence-electron chi connectivity index (χ3n) is 1.91. The van der Waals surface area contributed by atoms with Gasteiger partial charge in [-0.1, -0.05) is 6.92 Å². The number of amidine groups is 1. The van der Waals surface area contributed by atoms with E-state index >= 15 is 0 Å². The number of hydrogen-bond acceptors (Lipinski definition) is 4. The van der Waals surface area contributed by atoms with Crippen molar-refractivity contribution in [1.29, 1.82) is 4.78 Å². The quantitative estimate of drug-likeness (QED) is 0.745. The average Bonchev–Trinajstić information content (AvgIpc) is 2.27. The molecule has 0 fully saturated rings. The van der Waals surface area contributed by atoms with Gasteiger partial charge in [-0.2, -0.15) is 0 Å². The van der Waals surface area contributed by atoms with Crippen LogP contribution in [0.25, 0.3) is 0 Å². The van der Waals surface area contributed by atoms with E-state index < -0.39 is 10.7 Å². The topological polar surface area (TPSA) is 48.2 Å². The van der Waals surface area contributed by atoms with E-state index in [0.29, 0.717) is 10.9 Å². The van der Waals surface area contributed by atoms with Gasteiger partial charge in [-0.3, -0.25) is 4.78 Å². The van der Waals surface area contributed by atoms with Crippen LogP contribution < -0.4 is 4.72 Å². The van der Waals surface area contributed by atoms with Gasteiger partial charge < -0.3 is 4.72 Å². The van der Waals surface area contributed by atoms with E-state index in [1.807, 2.05) is 6.92 Å². The summed E-state index contributed by atoms with van der Waals surface area (Å²) in [6.07, 6.45) is 0. The van der Waals surface area contributed by atoms with Crippen molar-refractivity contribution in [1.82, 2.24) is 4.72 Å². The Balaban J connectivity index is 2.39. The van der Waals surface area contributed by atoms with Crippen LogP contribution in [0.15, 0.2) is 28.1 Å². The molecule has 80 valence electrons. The SMILES string of the molecule is CCS(=N)C1=Nc2cc(F)ccc2SN1. The number of aliphatic imine (C=N–C) groups is 1. The molecule has 0 saturated carbocycles. The van der Waals surface area contributed by atoms with Crippen molar-refractivity contribution in [2.75, 3.05) is 5.75 Å². The van der Waals surface area contributed by atoms with Crippen LogP contribution in [-0.4, -0.2) is 10.9 Å². The summed E-state index contributed by atoms with van der Waals surface area (Å²) in [5.41, 5.74) is 0.618. The van der Waals surface area contributed by atoms with Gasteiger partial charge in [-0.15, -0.1) is 0 Å². The molecule has 2 rings (SSSR count). The number of halogens is 1. The second-order valence-electron chi connectivity index (χ2n) is 2.91. The Kier molecular flexibility index (Phi) is 3.06. The van der Waals surface area contributed by atoms with E-state index in [4.69, 9.17) is 4.78 Å². The maximum absolute atomic E-state index is 13.0. The van der Waals surface area contributed by atoms with Gasteiger partial charge in [0.05, 0.1) is 10.6 Å². The highest BCUT2D eigenvalue weighted by Crippen LogP contribution is 2.32. The minimum atomic E-state index is -0.632. The lowest BCUT2D eigenvalue weighted by Crippen LogP contribution is -2.23. The first-order valence-corrected chi connectivity index (χ1v) is 6.65. The van der Waals surface area contributed by atoms with Crippen LogP contribution in [0.4, 0.5) is 10.1 Å². The van der Waals surface area contributed by atoms with Crippen LogP contribution in [0.1, 0.15) is 6.92 Å². The average molecular weight is 243 g/mol. The zero-order chi connectivity index (χ0) is 10.8. The maximum Gasteiger partial charge on any atom is 0.182 e. The Bertz CT molecular complexity index is 445. The fourth-order valence-electron chi connectivity index (χ4n) is 1.14. The number of nitrogens with zero attached hydrogens (tertiary/aromatic N) is 1. The molecule has 0 bridgehead atoms. The van der Waals surface area contributed by atoms with Crippen molar-refractivity contribution in [3.63, 3.8) is 0 Å². The predicted molar refractivity (Wildman–Crippen MR) is 63.1 cm³/mol. The molecule has 15 heavy (non-hydrogen) atoms. The van der Waals surface area contributed by atoms with E-state index in [-0.39, 0.29) is 5.82 Å². The first-order chi connectivity index (χ1) is 7.20. The molecule has 0 radical (unpaired) electrons. The standard InChI is InChI=1S/C9H10FN3S2/c1-2-15(11)9-12-7-5-6(10)3-4-8(7)14-13-9/h3-5,11H,2H2,1H3,(H,12,13). The van der Waals surface area contributed by atoms with Gasteiger partial charge in [-0.05, 0) is 34.8 Å². The van der Waals surface area contributed by atoms with E-state index in [9.17, 15) is 4.39 Å². The maximum atomic E-state index is 13.0. The lowest BCUT2D eigenvalue weighted by molar-refractivity contribution is 0.627. The monoisotopic (exact) mass is 243 g/mol. The molecule has 3 nitrogen and oxygen atoms in total. The molecule has 1 aliphatic rings. The summed E-state index contributed by atoms with van der Waals surface area (Å²) in [6, 6.07) is 4.50. The van der Waals surface area contributed by atoms with Gasteiger partial charge in [0.25, 0.3) is 0 Å². The van der Waals surface area contributed by atoms with Gasteiger partial charge in [0.2, 0.25) is 0 Å². The highest BCUT2D eigenvalue weighted by molar-refractivity contribution is 8.05. The van der Waals surface area contributed by atoms with E-state index in [1.54, 1.807) is 6.07 Å². The first kappa shape index (κ1) is 10.6. The van der Waals surface area contributed by atoms with Crippen LogP contribution in [0.3, 0.4) is 0 Å². The third kappa shape index (κ3) is 2.21. The van der Waals surface area contributed by atoms with Gasteiger partial charge >= 0.3 is 0 Å². The van der Waals surface area contributed by atoms with Crippen molar-refractivity contribution < 1.29 is 4.39 Å². The van der Waals surface area contributed by atoms with Crippen LogP contribution in [0.2, 0.25) is 0 Å². The normalized spacial score (nSPS) is 16.3. The molecule has 1 atom stereocenters. The highest BCUT2D eigenvalue weighted by atomic mass is 32.2. The van der Waals surface area contributed by atoms with Crippen LogP contribution in [-0.2, 0) is 10.7 Å². The lowest BCUT2D eigenvalue weighted by atomic mass is 10.3. The molecule has 0 aromatic heterocycles. The van der Waals surface area contributed by atoms with Gasteiger partial charge in [-0.25, -0.2) is 9.38 Å². The fourth-order valence-corrected chi connectivity index (χ4v) is 2.73. The summed E-state index contributed by atoms with van der Waals surface area (Å²) in [4.78, 5) is 5.14. The molecular weight excluding hydrogens is 233 g/mol. The molecule has 1 aromatic carbocycles. The molecule has 0 spiro atoms. The number of rotatable bonds is 1. The zero-order valence-electron chi connectivity index (χ0n) is 8.08. The smallest absolute Gasteiger partial charge is 0.182 e. The van der Waals surface area contributed by atoms with Crippen molar-refractivity contribution >= 4 is 33.5 Å². The third-order valence-corrected chi connectivity index (χ3v) is 4.14. The number of fused-ring (bicyclic) bond motifs is 1. The summed E-state index contributed by atoms with van der Waals surface area (Å²) in [6.45, 7) is 1.94. The van der Waals surface area contributed by atoms with Crippen molar-refractivity contribution in [2.24, 2.45) is 4.99 Å². The lowest BCUT2D eigenvalue weighted by Gasteiger charge is -2.16. The molecular formula is C9H10FN3S2. The van der Waals surface area contributed by atoms with Crippen LogP contribution >= 0.6 is 11.9 Å². The van der Waals surface area contributed by atoms with Gasteiger partial charge in [0.1, 0.15) is 5.82 Å². The molecule has 0 saturated heterocycles. The summed E-state index contributed by atoms with van der Waals surface area (Å²) >= 11 is 1.39. The number of hydrogen-bond donors (Lipinski definition) is 2. The molecule has 1 aromatic rings. The number of nitrogens with one attached hydrogen (secondary N) is 2. The second-order valence-corrected chi connectivity index (χ2v) is 5.51. The molecule has 1 aliphatic heterocycles. The Labute approximate surface area is 94.2 Å². The molecule has 0 aliphatic carbocycles. The predicted octanol–water partition coefficient (Wildman–Crippen LogP) is 2.82. The zero-order valence-corrected chi connectivity index (χ0v) is 9.71. The number of benzene rings is 1. The van der Waals surface area contributed by atoms with E-state index in [1.165, 1.54) is 24.1 Å². The Morgan fingerprint density at radius 1 is 1.60 bits per heavy atom. The summed E-state index contributed by atoms with van der Waals surface area (Å²) < 4.78 is 23.7. The molecule has 6 heteroatoms. The molecule has 1 heterocycles. The summed E-state index contributed by atoms with van der Waals surface area (Å²) in [7, 11) is -0.632. The Morgan fingerprint density at radius 2 is 2.40 bits per heavy atom. The van der Waals surface area contributed by atoms with Crippen molar-refractivity contribution in [3.8, 4) is 0 Å². The highest BCUT2D eigenvalue weighted by Gasteiger charge is 2.14. The first-order valence-electron chi connectivity index (χ1n) is 4.44. The minimum absolute atomic E-state index is 0.291. The van der Waals surface area contributed by atoms with Gasteiger partial charge in [0.15, 0.2) is 5.17 Å². The fraction of sp³-hybridized carbons (Fsp3) is 0.222. The molecule has 0 amide bonds. The minimum Gasteiger partial charge on any atom is -0.304 e. The summed E-state index contributed by atoms with van der Waals surface area (Å²) in [5, 5.41) is 0.626. The molecule has 1 unspecified atom stereocenters.